The molecule has 2 N–H and O–H groups in total. The number of nitrogens with one attached hydrogen (secondary N) is 1. The molecule has 1 rings (SSSR count). The molecule has 6 nitrogen and oxygen atoms in total. The molecular formula is C14H16N2O4. The fourth-order valence-corrected chi connectivity index (χ4v) is 1.50. The van der Waals surface area contributed by atoms with E-state index in [1.165, 1.54) is 0 Å². The Kier molecular flexibility index (Phi) is 6.04. The van der Waals surface area contributed by atoms with Crippen LogP contribution in [-0.2, 0) is 9.59 Å². The maximum absolute atomic E-state index is 11.6. The standard InChI is InChI=1S/C14H16N2O4/c1-10(2-7-14(18)19)16-13(17)9-20-12-5-3-11(8-15)4-6-12/h3-6,10H,2,7,9H2,1H3,(H,16,17)(H,18,19). The van der Waals surface area contributed by atoms with Crippen LogP contribution in [0.1, 0.15) is 25.3 Å². The minimum Gasteiger partial charge on any atom is -0.484 e. The van der Waals surface area contributed by atoms with Crippen molar-refractivity contribution in [3.05, 3.63) is 29.8 Å². The normalized spacial score (nSPS) is 11.2. The van der Waals surface area contributed by atoms with E-state index < -0.39 is 5.97 Å². The molecule has 0 aliphatic carbocycles. The van der Waals surface area contributed by atoms with Crippen LogP contribution < -0.4 is 10.1 Å². The van der Waals surface area contributed by atoms with Crippen LogP contribution in [-0.4, -0.2) is 29.6 Å². The molecule has 6 heteroatoms. The van der Waals surface area contributed by atoms with Gasteiger partial charge in [0.05, 0.1) is 11.6 Å². The number of ether oxygens (including phenoxy) is 1. The average molecular weight is 276 g/mol. The first kappa shape index (κ1) is 15.5. The molecule has 1 aromatic rings. The van der Waals surface area contributed by atoms with Crippen LogP contribution in [0.15, 0.2) is 24.3 Å². The number of nitrogens with zero attached hydrogens (tertiary/aromatic N) is 1. The number of carbonyl (C=O) groups is 2. The Labute approximate surface area is 117 Å². The summed E-state index contributed by atoms with van der Waals surface area (Å²) in [7, 11) is 0. The van der Waals surface area contributed by atoms with E-state index in [0.717, 1.165) is 0 Å². The van der Waals surface area contributed by atoms with Gasteiger partial charge in [-0.15, -0.1) is 0 Å². The lowest BCUT2D eigenvalue weighted by molar-refractivity contribution is -0.137. The lowest BCUT2D eigenvalue weighted by atomic mass is 10.2. The van der Waals surface area contributed by atoms with Gasteiger partial charge in [-0.2, -0.15) is 5.26 Å². The highest BCUT2D eigenvalue weighted by atomic mass is 16.5. The van der Waals surface area contributed by atoms with Gasteiger partial charge >= 0.3 is 5.97 Å². The minimum atomic E-state index is -0.889. The van der Waals surface area contributed by atoms with Crippen LogP contribution >= 0.6 is 0 Å². The second-order valence-corrected chi connectivity index (χ2v) is 4.33. The number of benzene rings is 1. The first-order valence-electron chi connectivity index (χ1n) is 6.15. The van der Waals surface area contributed by atoms with E-state index in [9.17, 15) is 9.59 Å². The number of nitriles is 1. The van der Waals surface area contributed by atoms with Gasteiger partial charge in [-0.3, -0.25) is 9.59 Å². The number of hydrogen-bond donors (Lipinski definition) is 2. The molecule has 1 aromatic carbocycles. The average Bonchev–Trinajstić information content (AvgIpc) is 2.43. The van der Waals surface area contributed by atoms with Gasteiger partial charge in [-0.05, 0) is 37.6 Å². The molecule has 0 bridgehead atoms. The molecular weight excluding hydrogens is 260 g/mol. The molecule has 0 spiro atoms. The van der Waals surface area contributed by atoms with Crippen molar-refractivity contribution in [3.63, 3.8) is 0 Å². The summed E-state index contributed by atoms with van der Waals surface area (Å²) in [6, 6.07) is 8.19. The first-order chi connectivity index (χ1) is 9.51. The molecule has 0 aliphatic heterocycles. The Bertz CT molecular complexity index is 505. The minimum absolute atomic E-state index is 0.0118. The van der Waals surface area contributed by atoms with Crippen molar-refractivity contribution in [3.8, 4) is 11.8 Å². The highest BCUT2D eigenvalue weighted by Gasteiger charge is 2.09. The lowest BCUT2D eigenvalue weighted by Gasteiger charge is -2.13. The van der Waals surface area contributed by atoms with Crippen molar-refractivity contribution in [2.45, 2.75) is 25.8 Å². The predicted molar refractivity (Wildman–Crippen MR) is 71.1 cm³/mol. The molecule has 0 aromatic heterocycles. The van der Waals surface area contributed by atoms with E-state index in [4.69, 9.17) is 15.1 Å². The Morgan fingerprint density at radius 2 is 2.05 bits per heavy atom. The maximum atomic E-state index is 11.6. The zero-order chi connectivity index (χ0) is 15.0. The Morgan fingerprint density at radius 1 is 1.40 bits per heavy atom. The summed E-state index contributed by atoms with van der Waals surface area (Å²) in [6.07, 6.45) is 0.385. The summed E-state index contributed by atoms with van der Waals surface area (Å²) < 4.78 is 5.26. The van der Waals surface area contributed by atoms with Crippen LogP contribution in [0, 0.1) is 11.3 Å². The van der Waals surface area contributed by atoms with Gasteiger partial charge < -0.3 is 15.2 Å². The zero-order valence-electron chi connectivity index (χ0n) is 11.1. The summed E-state index contributed by atoms with van der Waals surface area (Å²) in [4.78, 5) is 22.0. The molecule has 106 valence electrons. The molecule has 20 heavy (non-hydrogen) atoms. The number of carboxylic acids is 1. The summed E-state index contributed by atoms with van der Waals surface area (Å²) in [5.41, 5.74) is 0.518. The second kappa shape index (κ2) is 7.79. The fourth-order valence-electron chi connectivity index (χ4n) is 1.50. The van der Waals surface area contributed by atoms with E-state index in [2.05, 4.69) is 5.32 Å². The van der Waals surface area contributed by atoms with Gasteiger partial charge in [0.2, 0.25) is 0 Å². The SMILES string of the molecule is CC(CCC(=O)O)NC(=O)COc1ccc(C#N)cc1. The quantitative estimate of drug-likeness (QED) is 0.782. The summed E-state index contributed by atoms with van der Waals surface area (Å²) in [5.74, 6) is -0.704. The van der Waals surface area contributed by atoms with Crippen LogP contribution in [0.3, 0.4) is 0 Å². The van der Waals surface area contributed by atoms with Gasteiger partial charge in [0, 0.05) is 12.5 Å². The second-order valence-electron chi connectivity index (χ2n) is 4.33. The van der Waals surface area contributed by atoms with E-state index in [1.54, 1.807) is 31.2 Å². The predicted octanol–water partition coefficient (Wildman–Crippen LogP) is 1.31. The summed E-state index contributed by atoms with van der Waals surface area (Å²) in [6.45, 7) is 1.59. The third-order valence-corrected chi connectivity index (χ3v) is 2.55. The van der Waals surface area contributed by atoms with Crippen molar-refractivity contribution < 1.29 is 19.4 Å². The topological polar surface area (TPSA) is 99.4 Å². The maximum Gasteiger partial charge on any atom is 0.303 e. The fraction of sp³-hybridized carbons (Fsp3) is 0.357. The van der Waals surface area contributed by atoms with E-state index in [1.807, 2.05) is 6.07 Å². The highest BCUT2D eigenvalue weighted by molar-refractivity contribution is 5.77. The number of hydrogen-bond acceptors (Lipinski definition) is 4. The van der Waals surface area contributed by atoms with Crippen LogP contribution in [0.25, 0.3) is 0 Å². The van der Waals surface area contributed by atoms with Crippen LogP contribution in [0.4, 0.5) is 0 Å². The third-order valence-electron chi connectivity index (χ3n) is 2.55. The summed E-state index contributed by atoms with van der Waals surface area (Å²) >= 11 is 0. The van der Waals surface area contributed by atoms with Crippen LogP contribution in [0.5, 0.6) is 5.75 Å². The number of carbonyl (C=O) groups excluding carboxylic acids is 1. The third kappa shape index (κ3) is 5.87. The number of carboxylic acid groups (broad SMARTS) is 1. The van der Waals surface area contributed by atoms with Crippen molar-refractivity contribution in [2.75, 3.05) is 6.61 Å². The Morgan fingerprint density at radius 3 is 2.60 bits per heavy atom. The van der Waals surface area contributed by atoms with Crippen molar-refractivity contribution in [1.29, 1.82) is 5.26 Å². The highest BCUT2D eigenvalue weighted by Crippen LogP contribution is 2.11. The summed E-state index contributed by atoms with van der Waals surface area (Å²) in [5, 5.41) is 19.8. The van der Waals surface area contributed by atoms with Gasteiger partial charge in [0.25, 0.3) is 5.91 Å². The smallest absolute Gasteiger partial charge is 0.303 e. The molecule has 0 radical (unpaired) electrons. The van der Waals surface area contributed by atoms with E-state index in [0.29, 0.717) is 17.7 Å². The van der Waals surface area contributed by atoms with Gasteiger partial charge in [0.1, 0.15) is 5.75 Å². The van der Waals surface area contributed by atoms with Crippen molar-refractivity contribution >= 4 is 11.9 Å². The van der Waals surface area contributed by atoms with Crippen molar-refractivity contribution in [1.82, 2.24) is 5.32 Å². The van der Waals surface area contributed by atoms with Gasteiger partial charge in [-0.1, -0.05) is 0 Å². The van der Waals surface area contributed by atoms with Gasteiger partial charge in [-0.25, -0.2) is 0 Å². The molecule has 0 aliphatic rings. The molecule has 0 saturated carbocycles. The van der Waals surface area contributed by atoms with E-state index in [-0.39, 0.29) is 25.0 Å². The largest absolute Gasteiger partial charge is 0.484 e. The molecule has 0 fully saturated rings. The number of amides is 1. The molecule has 1 atom stereocenters. The zero-order valence-corrected chi connectivity index (χ0v) is 11.1. The van der Waals surface area contributed by atoms with E-state index >= 15 is 0 Å². The van der Waals surface area contributed by atoms with Crippen LogP contribution in [0.2, 0.25) is 0 Å². The van der Waals surface area contributed by atoms with Crippen molar-refractivity contribution in [2.24, 2.45) is 0 Å². The van der Waals surface area contributed by atoms with Gasteiger partial charge in [0.15, 0.2) is 6.61 Å². The first-order valence-corrected chi connectivity index (χ1v) is 6.15. The number of aliphatic carboxylic acids is 1. The molecule has 0 saturated heterocycles. The lowest BCUT2D eigenvalue weighted by Crippen LogP contribution is -2.36. The Hall–Kier alpha value is -2.55. The molecule has 0 heterocycles. The Balaban J connectivity index is 2.32. The monoisotopic (exact) mass is 276 g/mol. The molecule has 1 amide bonds. The number of rotatable bonds is 7. The molecule has 1 unspecified atom stereocenters.